The van der Waals surface area contributed by atoms with Crippen molar-refractivity contribution in [1.29, 1.82) is 0 Å². The van der Waals surface area contributed by atoms with Crippen LogP contribution in [-0.4, -0.2) is 15.7 Å². The summed E-state index contributed by atoms with van der Waals surface area (Å²) in [6.45, 7) is 3.56. The van der Waals surface area contributed by atoms with Gasteiger partial charge in [-0.25, -0.2) is 0 Å². The van der Waals surface area contributed by atoms with Crippen molar-refractivity contribution in [2.75, 3.05) is 11.1 Å². The summed E-state index contributed by atoms with van der Waals surface area (Å²) in [4.78, 5) is 11.8. The number of nitrogens with one attached hydrogen (secondary N) is 1. The predicted octanol–water partition coefficient (Wildman–Crippen LogP) is 1.46. The third-order valence-corrected chi connectivity index (χ3v) is 2.46. The topological polar surface area (TPSA) is 86.1 Å². The quantitative estimate of drug-likeness (QED) is 0.823. The summed E-state index contributed by atoms with van der Waals surface area (Å²) in [7, 11) is 1.71. The lowest BCUT2D eigenvalue weighted by atomic mass is 10.3. The van der Waals surface area contributed by atoms with Crippen LogP contribution in [0, 0.1) is 13.8 Å². The number of anilines is 2. The fourth-order valence-corrected chi connectivity index (χ4v) is 1.55. The molecule has 0 fully saturated rings. The van der Waals surface area contributed by atoms with Crippen LogP contribution < -0.4 is 11.1 Å². The molecule has 2 aromatic rings. The van der Waals surface area contributed by atoms with Crippen LogP contribution in [0.4, 0.5) is 11.5 Å². The van der Waals surface area contributed by atoms with Gasteiger partial charge in [0.15, 0.2) is 11.6 Å². The van der Waals surface area contributed by atoms with Gasteiger partial charge in [-0.3, -0.25) is 9.48 Å². The van der Waals surface area contributed by atoms with Gasteiger partial charge in [0.2, 0.25) is 0 Å². The van der Waals surface area contributed by atoms with Gasteiger partial charge in [0.05, 0.1) is 11.4 Å². The lowest BCUT2D eigenvalue weighted by Crippen LogP contribution is -2.14. The fraction of sp³-hybridized carbons (Fsp3) is 0.273. The zero-order valence-corrected chi connectivity index (χ0v) is 9.94. The number of carbonyl (C=O) groups excluding carboxylic acids is 1. The molecule has 6 heteroatoms. The molecule has 2 heterocycles. The third kappa shape index (κ3) is 2.01. The molecule has 0 spiro atoms. The second-order valence-corrected chi connectivity index (χ2v) is 3.84. The van der Waals surface area contributed by atoms with E-state index >= 15 is 0 Å². The molecular formula is C11H14N4O2. The van der Waals surface area contributed by atoms with Gasteiger partial charge in [0.25, 0.3) is 5.91 Å². The Hall–Kier alpha value is -2.24. The maximum absolute atomic E-state index is 11.8. The van der Waals surface area contributed by atoms with Gasteiger partial charge >= 0.3 is 0 Å². The van der Waals surface area contributed by atoms with E-state index in [-0.39, 0.29) is 11.7 Å². The highest BCUT2D eigenvalue weighted by molar-refractivity contribution is 6.03. The Balaban J connectivity index is 2.24. The summed E-state index contributed by atoms with van der Waals surface area (Å²) < 4.78 is 6.75. The van der Waals surface area contributed by atoms with Gasteiger partial charge in [0.1, 0.15) is 5.76 Å². The number of nitrogens with two attached hydrogens (primary N) is 1. The second kappa shape index (κ2) is 3.97. The molecule has 0 unspecified atom stereocenters. The standard InChI is InChI=1S/C11H14N4O2/c1-6-4-5-8(17-6)11(16)13-10-9(12)7(2)14-15(10)3/h4-5H,12H2,1-3H3,(H,13,16). The van der Waals surface area contributed by atoms with Crippen molar-refractivity contribution in [1.82, 2.24) is 9.78 Å². The number of furan rings is 1. The van der Waals surface area contributed by atoms with Crippen LogP contribution in [0.25, 0.3) is 0 Å². The smallest absolute Gasteiger partial charge is 0.292 e. The van der Waals surface area contributed by atoms with Gasteiger partial charge in [-0.1, -0.05) is 0 Å². The number of hydrogen-bond donors (Lipinski definition) is 2. The van der Waals surface area contributed by atoms with E-state index in [1.807, 2.05) is 0 Å². The molecule has 0 atom stereocenters. The molecule has 17 heavy (non-hydrogen) atoms. The minimum atomic E-state index is -0.340. The van der Waals surface area contributed by atoms with Crippen molar-refractivity contribution in [3.8, 4) is 0 Å². The summed E-state index contributed by atoms with van der Waals surface area (Å²) in [6, 6.07) is 3.34. The normalized spacial score (nSPS) is 10.5. The molecule has 0 radical (unpaired) electrons. The number of carbonyl (C=O) groups is 1. The lowest BCUT2D eigenvalue weighted by Gasteiger charge is -2.04. The molecule has 3 N–H and O–H groups in total. The number of hydrogen-bond acceptors (Lipinski definition) is 4. The van der Waals surface area contributed by atoms with Crippen LogP contribution in [0.3, 0.4) is 0 Å². The Labute approximate surface area is 98.4 Å². The van der Waals surface area contributed by atoms with E-state index in [1.54, 1.807) is 33.0 Å². The number of nitrogen functional groups attached to an aromatic ring is 1. The van der Waals surface area contributed by atoms with Crippen LogP contribution in [0.1, 0.15) is 22.0 Å². The first-order valence-electron chi connectivity index (χ1n) is 5.16. The highest BCUT2D eigenvalue weighted by Gasteiger charge is 2.16. The molecule has 0 saturated carbocycles. The van der Waals surface area contributed by atoms with E-state index in [9.17, 15) is 4.79 Å². The van der Waals surface area contributed by atoms with E-state index in [1.165, 1.54) is 4.68 Å². The maximum Gasteiger partial charge on any atom is 0.292 e. The number of nitrogens with zero attached hydrogens (tertiary/aromatic N) is 2. The van der Waals surface area contributed by atoms with Gasteiger partial charge in [-0.15, -0.1) is 0 Å². The van der Waals surface area contributed by atoms with Crippen molar-refractivity contribution in [3.05, 3.63) is 29.3 Å². The van der Waals surface area contributed by atoms with Crippen LogP contribution >= 0.6 is 0 Å². The summed E-state index contributed by atoms with van der Waals surface area (Å²) in [5.74, 6) is 1.07. The van der Waals surface area contributed by atoms with Gasteiger partial charge in [-0.05, 0) is 26.0 Å². The zero-order valence-electron chi connectivity index (χ0n) is 9.94. The second-order valence-electron chi connectivity index (χ2n) is 3.84. The van der Waals surface area contributed by atoms with Crippen LogP contribution in [0.2, 0.25) is 0 Å². The molecule has 90 valence electrons. The van der Waals surface area contributed by atoms with Gasteiger partial charge < -0.3 is 15.5 Å². The maximum atomic E-state index is 11.8. The molecule has 0 aliphatic rings. The number of rotatable bonds is 2. The van der Waals surface area contributed by atoms with E-state index < -0.39 is 0 Å². The minimum absolute atomic E-state index is 0.251. The number of amides is 1. The molecule has 0 aliphatic carbocycles. The highest BCUT2D eigenvalue weighted by atomic mass is 16.3. The predicted molar refractivity (Wildman–Crippen MR) is 63.8 cm³/mol. The average molecular weight is 234 g/mol. The molecule has 0 aliphatic heterocycles. The Morgan fingerprint density at radius 2 is 2.18 bits per heavy atom. The minimum Gasteiger partial charge on any atom is -0.456 e. The molecule has 0 aromatic carbocycles. The Bertz CT molecular complexity index is 568. The van der Waals surface area contributed by atoms with Crippen molar-refractivity contribution in [2.24, 2.45) is 7.05 Å². The fourth-order valence-electron chi connectivity index (χ4n) is 1.55. The van der Waals surface area contributed by atoms with E-state index in [0.717, 1.165) is 0 Å². The molecule has 2 rings (SSSR count). The van der Waals surface area contributed by atoms with Crippen LogP contribution in [0.15, 0.2) is 16.5 Å². The summed E-state index contributed by atoms with van der Waals surface area (Å²) in [5, 5.41) is 6.78. The summed E-state index contributed by atoms with van der Waals surface area (Å²) in [5.41, 5.74) is 6.95. The molecule has 2 aromatic heterocycles. The number of aromatic nitrogens is 2. The van der Waals surface area contributed by atoms with E-state index in [0.29, 0.717) is 23.0 Å². The van der Waals surface area contributed by atoms with Crippen LogP contribution in [-0.2, 0) is 7.05 Å². The molecule has 0 bridgehead atoms. The molecule has 0 saturated heterocycles. The van der Waals surface area contributed by atoms with Gasteiger partial charge in [0, 0.05) is 7.05 Å². The summed E-state index contributed by atoms with van der Waals surface area (Å²) >= 11 is 0. The first-order chi connectivity index (χ1) is 7.99. The zero-order chi connectivity index (χ0) is 12.6. The Morgan fingerprint density at radius 1 is 1.47 bits per heavy atom. The monoisotopic (exact) mass is 234 g/mol. The van der Waals surface area contributed by atoms with Gasteiger partial charge in [-0.2, -0.15) is 5.10 Å². The van der Waals surface area contributed by atoms with Crippen molar-refractivity contribution >= 4 is 17.4 Å². The number of aryl methyl sites for hydroxylation is 3. The highest BCUT2D eigenvalue weighted by Crippen LogP contribution is 2.21. The third-order valence-electron chi connectivity index (χ3n) is 2.46. The largest absolute Gasteiger partial charge is 0.456 e. The Morgan fingerprint density at radius 3 is 2.65 bits per heavy atom. The first kappa shape index (κ1) is 11.3. The lowest BCUT2D eigenvalue weighted by molar-refractivity contribution is 0.0994. The molecule has 1 amide bonds. The summed E-state index contributed by atoms with van der Waals surface area (Å²) in [6.07, 6.45) is 0. The van der Waals surface area contributed by atoms with E-state index in [4.69, 9.17) is 10.2 Å². The van der Waals surface area contributed by atoms with Crippen molar-refractivity contribution < 1.29 is 9.21 Å². The van der Waals surface area contributed by atoms with Crippen molar-refractivity contribution in [2.45, 2.75) is 13.8 Å². The average Bonchev–Trinajstić information content (AvgIpc) is 2.79. The van der Waals surface area contributed by atoms with Crippen LogP contribution in [0.5, 0.6) is 0 Å². The molecule has 6 nitrogen and oxygen atoms in total. The Kier molecular flexibility index (Phi) is 2.63. The van der Waals surface area contributed by atoms with E-state index in [2.05, 4.69) is 10.4 Å². The first-order valence-corrected chi connectivity index (χ1v) is 5.16. The SMILES string of the molecule is Cc1ccc(C(=O)Nc2c(N)c(C)nn2C)o1. The van der Waals surface area contributed by atoms with Crippen molar-refractivity contribution in [3.63, 3.8) is 0 Å². The molecular weight excluding hydrogens is 220 g/mol.